The van der Waals surface area contributed by atoms with Crippen LogP contribution in [0.3, 0.4) is 0 Å². The molecular weight excluding hydrogens is 372 g/mol. The summed E-state index contributed by atoms with van der Waals surface area (Å²) in [7, 11) is 0. The number of amides is 1. The minimum absolute atomic E-state index is 0.0978. The molecule has 1 heterocycles. The standard InChI is InChI=1S/C25H32N4O/c1-20(2)23-8-4-21(5-9-23)12-13-27-25(30)19-28-14-3-15-29(17-16-28)24-10-6-22(18-26)7-11-24/h4-11,20H,3,12-17,19H2,1-2H3,(H,27,30). The monoisotopic (exact) mass is 404 g/mol. The number of nitrogens with zero attached hydrogens (tertiary/aromatic N) is 3. The minimum Gasteiger partial charge on any atom is -0.370 e. The van der Waals surface area contributed by atoms with E-state index in [1.54, 1.807) is 0 Å². The summed E-state index contributed by atoms with van der Waals surface area (Å²) in [5, 5.41) is 12.0. The van der Waals surface area contributed by atoms with Crippen LogP contribution in [0, 0.1) is 11.3 Å². The molecular formula is C25H32N4O. The van der Waals surface area contributed by atoms with Crippen molar-refractivity contribution in [3.8, 4) is 6.07 Å². The summed E-state index contributed by atoms with van der Waals surface area (Å²) >= 11 is 0. The van der Waals surface area contributed by atoms with E-state index in [4.69, 9.17) is 5.26 Å². The number of carbonyl (C=O) groups excluding carboxylic acids is 1. The first-order valence-electron chi connectivity index (χ1n) is 10.9. The number of carbonyl (C=O) groups is 1. The van der Waals surface area contributed by atoms with Crippen molar-refractivity contribution in [2.24, 2.45) is 0 Å². The Kier molecular flexibility index (Phi) is 7.87. The van der Waals surface area contributed by atoms with Crippen molar-refractivity contribution < 1.29 is 4.79 Å². The van der Waals surface area contributed by atoms with Crippen LogP contribution in [0.4, 0.5) is 5.69 Å². The maximum absolute atomic E-state index is 12.4. The SMILES string of the molecule is CC(C)c1ccc(CCNC(=O)CN2CCCN(c3ccc(C#N)cc3)CC2)cc1. The van der Waals surface area contributed by atoms with Crippen LogP contribution in [0.1, 0.15) is 42.9 Å². The number of rotatable bonds is 7. The van der Waals surface area contributed by atoms with E-state index in [0.29, 0.717) is 24.6 Å². The molecule has 0 radical (unpaired) electrons. The third kappa shape index (κ3) is 6.33. The number of nitriles is 1. The lowest BCUT2D eigenvalue weighted by Crippen LogP contribution is -2.39. The molecule has 5 heteroatoms. The molecule has 1 N–H and O–H groups in total. The van der Waals surface area contributed by atoms with E-state index >= 15 is 0 Å². The van der Waals surface area contributed by atoms with Gasteiger partial charge < -0.3 is 10.2 Å². The highest BCUT2D eigenvalue weighted by Gasteiger charge is 2.17. The minimum atomic E-state index is 0.0978. The first kappa shape index (κ1) is 21.9. The van der Waals surface area contributed by atoms with Crippen LogP contribution in [0.5, 0.6) is 0 Å². The molecule has 0 unspecified atom stereocenters. The Bertz CT molecular complexity index is 852. The van der Waals surface area contributed by atoms with Gasteiger partial charge in [-0.2, -0.15) is 5.26 Å². The molecule has 5 nitrogen and oxygen atoms in total. The summed E-state index contributed by atoms with van der Waals surface area (Å²) in [5.74, 6) is 0.640. The van der Waals surface area contributed by atoms with E-state index in [0.717, 1.165) is 44.7 Å². The highest BCUT2D eigenvalue weighted by Crippen LogP contribution is 2.17. The third-order valence-electron chi connectivity index (χ3n) is 5.70. The van der Waals surface area contributed by atoms with Gasteiger partial charge in [0.2, 0.25) is 5.91 Å². The van der Waals surface area contributed by atoms with E-state index in [2.05, 4.69) is 59.3 Å². The second-order valence-corrected chi connectivity index (χ2v) is 8.27. The number of hydrogen-bond acceptors (Lipinski definition) is 4. The molecule has 2 aromatic rings. The maximum atomic E-state index is 12.4. The van der Waals surface area contributed by atoms with Gasteiger partial charge in [0.05, 0.1) is 18.2 Å². The van der Waals surface area contributed by atoms with Gasteiger partial charge in [0.25, 0.3) is 0 Å². The smallest absolute Gasteiger partial charge is 0.234 e. The van der Waals surface area contributed by atoms with Crippen LogP contribution in [0.15, 0.2) is 48.5 Å². The van der Waals surface area contributed by atoms with Crippen LogP contribution >= 0.6 is 0 Å². The van der Waals surface area contributed by atoms with Gasteiger partial charge in [-0.1, -0.05) is 38.1 Å². The molecule has 30 heavy (non-hydrogen) atoms. The zero-order valence-electron chi connectivity index (χ0n) is 18.1. The van der Waals surface area contributed by atoms with Gasteiger partial charge in [-0.25, -0.2) is 0 Å². The van der Waals surface area contributed by atoms with E-state index in [1.165, 1.54) is 11.1 Å². The first-order valence-corrected chi connectivity index (χ1v) is 10.9. The second-order valence-electron chi connectivity index (χ2n) is 8.27. The van der Waals surface area contributed by atoms with Gasteiger partial charge in [0.15, 0.2) is 0 Å². The first-order chi connectivity index (χ1) is 14.5. The summed E-state index contributed by atoms with van der Waals surface area (Å²) in [6.07, 6.45) is 1.88. The Morgan fingerprint density at radius 2 is 1.77 bits per heavy atom. The molecule has 1 saturated heterocycles. The quantitative estimate of drug-likeness (QED) is 0.767. The topological polar surface area (TPSA) is 59.4 Å². The third-order valence-corrected chi connectivity index (χ3v) is 5.70. The molecule has 1 amide bonds. The molecule has 1 fully saturated rings. The highest BCUT2D eigenvalue weighted by atomic mass is 16.2. The average Bonchev–Trinajstić information content (AvgIpc) is 2.99. The van der Waals surface area contributed by atoms with Crippen molar-refractivity contribution in [1.82, 2.24) is 10.2 Å². The van der Waals surface area contributed by atoms with Gasteiger partial charge in [-0.3, -0.25) is 9.69 Å². The van der Waals surface area contributed by atoms with E-state index in [-0.39, 0.29) is 5.91 Å². The van der Waals surface area contributed by atoms with Crippen molar-refractivity contribution in [2.45, 2.75) is 32.6 Å². The average molecular weight is 405 g/mol. The summed E-state index contributed by atoms with van der Waals surface area (Å²) in [6, 6.07) is 18.6. The number of nitrogens with one attached hydrogen (secondary N) is 1. The Balaban J connectivity index is 1.40. The molecule has 0 saturated carbocycles. The van der Waals surface area contributed by atoms with Gasteiger partial charge in [0.1, 0.15) is 0 Å². The molecule has 2 aromatic carbocycles. The van der Waals surface area contributed by atoms with Crippen LogP contribution in [-0.4, -0.2) is 50.1 Å². The molecule has 3 rings (SSSR count). The zero-order chi connectivity index (χ0) is 21.3. The largest absolute Gasteiger partial charge is 0.370 e. The van der Waals surface area contributed by atoms with Crippen LogP contribution in [0.25, 0.3) is 0 Å². The van der Waals surface area contributed by atoms with Crippen molar-refractivity contribution in [1.29, 1.82) is 5.26 Å². The predicted octanol–water partition coefficient (Wildman–Crippen LogP) is 3.55. The van der Waals surface area contributed by atoms with E-state index in [9.17, 15) is 4.79 Å². The molecule has 158 valence electrons. The second kappa shape index (κ2) is 10.8. The van der Waals surface area contributed by atoms with E-state index < -0.39 is 0 Å². The van der Waals surface area contributed by atoms with Crippen LogP contribution in [-0.2, 0) is 11.2 Å². The van der Waals surface area contributed by atoms with Crippen LogP contribution < -0.4 is 10.2 Å². The molecule has 0 aliphatic carbocycles. The molecule has 0 atom stereocenters. The highest BCUT2D eigenvalue weighted by molar-refractivity contribution is 5.78. The van der Waals surface area contributed by atoms with E-state index in [1.807, 2.05) is 24.3 Å². The summed E-state index contributed by atoms with van der Waals surface area (Å²) in [4.78, 5) is 16.9. The molecule has 1 aliphatic heterocycles. The van der Waals surface area contributed by atoms with Gasteiger partial charge in [0, 0.05) is 38.4 Å². The molecule has 0 aromatic heterocycles. The summed E-state index contributed by atoms with van der Waals surface area (Å²) in [6.45, 7) is 9.17. The Morgan fingerprint density at radius 1 is 1.03 bits per heavy atom. The molecule has 1 aliphatic rings. The summed E-state index contributed by atoms with van der Waals surface area (Å²) < 4.78 is 0. The van der Waals surface area contributed by atoms with Crippen LogP contribution in [0.2, 0.25) is 0 Å². The van der Waals surface area contributed by atoms with Crippen molar-refractivity contribution in [3.63, 3.8) is 0 Å². The van der Waals surface area contributed by atoms with Gasteiger partial charge in [-0.05, 0) is 54.2 Å². The molecule has 0 bridgehead atoms. The maximum Gasteiger partial charge on any atom is 0.234 e. The number of benzene rings is 2. The lowest BCUT2D eigenvalue weighted by Gasteiger charge is -2.23. The van der Waals surface area contributed by atoms with Gasteiger partial charge in [-0.15, -0.1) is 0 Å². The van der Waals surface area contributed by atoms with Gasteiger partial charge >= 0.3 is 0 Å². The van der Waals surface area contributed by atoms with Crippen molar-refractivity contribution in [3.05, 3.63) is 65.2 Å². The van der Waals surface area contributed by atoms with Crippen molar-refractivity contribution in [2.75, 3.05) is 44.2 Å². The fourth-order valence-corrected chi connectivity index (χ4v) is 3.81. The Labute approximate surface area is 180 Å². The summed E-state index contributed by atoms with van der Waals surface area (Å²) in [5.41, 5.74) is 4.43. The predicted molar refractivity (Wildman–Crippen MR) is 122 cm³/mol. The number of hydrogen-bond donors (Lipinski definition) is 1. The lowest BCUT2D eigenvalue weighted by molar-refractivity contribution is -0.122. The lowest BCUT2D eigenvalue weighted by atomic mass is 10.0. The fraction of sp³-hybridized carbons (Fsp3) is 0.440. The number of anilines is 1. The molecule has 0 spiro atoms. The normalized spacial score (nSPS) is 14.9. The Hall–Kier alpha value is -2.84. The zero-order valence-corrected chi connectivity index (χ0v) is 18.1. The van der Waals surface area contributed by atoms with Crippen molar-refractivity contribution >= 4 is 11.6 Å². The fourth-order valence-electron chi connectivity index (χ4n) is 3.81. The Morgan fingerprint density at radius 3 is 2.43 bits per heavy atom.